The van der Waals surface area contributed by atoms with Gasteiger partial charge in [0, 0.05) is 24.2 Å². The second kappa shape index (κ2) is 6.17. The molecule has 2 heterocycles. The average molecular weight is 340 g/mol. The largest absolute Gasteiger partial charge is 0.299 e. The Labute approximate surface area is 136 Å². The van der Waals surface area contributed by atoms with Gasteiger partial charge in [0.15, 0.2) is 0 Å². The average Bonchev–Trinajstić information content (AvgIpc) is 3.17. The van der Waals surface area contributed by atoms with E-state index in [2.05, 4.69) is 4.90 Å². The predicted octanol–water partition coefficient (Wildman–Crippen LogP) is 2.07. The van der Waals surface area contributed by atoms with Crippen molar-refractivity contribution in [2.45, 2.75) is 30.2 Å². The lowest BCUT2D eigenvalue weighted by Crippen LogP contribution is -2.37. The Hall–Kier alpha value is -1.13. The molecule has 1 atom stereocenters. The van der Waals surface area contributed by atoms with Crippen molar-refractivity contribution in [3.05, 3.63) is 28.8 Å². The standard InChI is InChI=1S/C15H18ClN3O2S/c16-13-3-4-15(12(9-13)10-17)22(20,21)19-8-5-14(11-19)18-6-1-2-7-18/h3-4,9,14H,1-2,5-8,11H2. The molecule has 1 aromatic carbocycles. The van der Waals surface area contributed by atoms with Crippen LogP contribution in [-0.2, 0) is 10.0 Å². The smallest absolute Gasteiger partial charge is 0.244 e. The minimum Gasteiger partial charge on any atom is -0.299 e. The number of hydrogen-bond acceptors (Lipinski definition) is 4. The molecule has 0 amide bonds. The van der Waals surface area contributed by atoms with E-state index in [0.29, 0.717) is 24.2 Å². The summed E-state index contributed by atoms with van der Waals surface area (Å²) in [5.41, 5.74) is 0.108. The molecule has 0 bridgehead atoms. The third-order valence-corrected chi connectivity index (χ3v) is 6.62. The quantitative estimate of drug-likeness (QED) is 0.845. The molecule has 0 spiro atoms. The van der Waals surface area contributed by atoms with E-state index in [0.717, 1.165) is 19.5 Å². The van der Waals surface area contributed by atoms with Crippen LogP contribution in [0.15, 0.2) is 23.1 Å². The van der Waals surface area contributed by atoms with Crippen molar-refractivity contribution in [2.75, 3.05) is 26.2 Å². The van der Waals surface area contributed by atoms with E-state index in [1.54, 1.807) is 0 Å². The number of rotatable bonds is 3. The van der Waals surface area contributed by atoms with Crippen molar-refractivity contribution in [3.8, 4) is 6.07 Å². The number of halogens is 1. The van der Waals surface area contributed by atoms with E-state index in [-0.39, 0.29) is 10.5 Å². The molecule has 0 N–H and O–H groups in total. The van der Waals surface area contributed by atoms with Crippen LogP contribution in [-0.4, -0.2) is 49.8 Å². The lowest BCUT2D eigenvalue weighted by atomic mass is 10.2. The molecule has 7 heteroatoms. The zero-order valence-electron chi connectivity index (χ0n) is 12.2. The number of likely N-dealkylation sites (tertiary alicyclic amines) is 1. The van der Waals surface area contributed by atoms with Crippen LogP contribution in [0.4, 0.5) is 0 Å². The number of nitrogens with zero attached hydrogens (tertiary/aromatic N) is 3. The van der Waals surface area contributed by atoms with Gasteiger partial charge in [-0.15, -0.1) is 0 Å². The molecular formula is C15H18ClN3O2S. The summed E-state index contributed by atoms with van der Waals surface area (Å²) >= 11 is 5.85. The van der Waals surface area contributed by atoms with Gasteiger partial charge in [-0.05, 0) is 50.6 Å². The Morgan fingerprint density at radius 1 is 1.23 bits per heavy atom. The van der Waals surface area contributed by atoms with Crippen LogP contribution < -0.4 is 0 Å². The SMILES string of the molecule is N#Cc1cc(Cl)ccc1S(=O)(=O)N1CCC(N2CCCC2)C1. The second-order valence-electron chi connectivity index (χ2n) is 5.80. The zero-order chi connectivity index (χ0) is 15.7. The van der Waals surface area contributed by atoms with E-state index < -0.39 is 10.0 Å². The fraction of sp³-hybridized carbons (Fsp3) is 0.533. The summed E-state index contributed by atoms with van der Waals surface area (Å²) in [6.45, 7) is 3.14. The molecule has 0 saturated carbocycles. The first kappa shape index (κ1) is 15.8. The maximum Gasteiger partial charge on any atom is 0.244 e. The Morgan fingerprint density at radius 3 is 2.64 bits per heavy atom. The summed E-state index contributed by atoms with van der Waals surface area (Å²) in [6, 6.07) is 6.58. The van der Waals surface area contributed by atoms with Gasteiger partial charge in [-0.2, -0.15) is 9.57 Å². The first-order valence-corrected chi connectivity index (χ1v) is 9.28. The minimum absolute atomic E-state index is 0.0569. The number of nitriles is 1. The highest BCUT2D eigenvalue weighted by Gasteiger charge is 2.36. The maximum atomic E-state index is 12.8. The van der Waals surface area contributed by atoms with Crippen LogP contribution in [0.2, 0.25) is 5.02 Å². The fourth-order valence-corrected chi connectivity index (χ4v) is 5.07. The van der Waals surface area contributed by atoms with Gasteiger partial charge in [-0.1, -0.05) is 11.6 Å². The lowest BCUT2D eigenvalue weighted by molar-refractivity contribution is 0.251. The molecule has 0 aromatic heterocycles. The van der Waals surface area contributed by atoms with Gasteiger partial charge in [0.25, 0.3) is 0 Å². The van der Waals surface area contributed by atoms with E-state index in [1.807, 2.05) is 6.07 Å². The normalized spacial score (nSPS) is 23.7. The number of benzene rings is 1. The van der Waals surface area contributed by atoms with Crippen molar-refractivity contribution in [1.82, 2.24) is 9.21 Å². The topological polar surface area (TPSA) is 64.4 Å². The summed E-state index contributed by atoms with van der Waals surface area (Å²) < 4.78 is 27.1. The highest BCUT2D eigenvalue weighted by atomic mass is 35.5. The van der Waals surface area contributed by atoms with E-state index in [4.69, 9.17) is 11.6 Å². The summed E-state index contributed by atoms with van der Waals surface area (Å²) in [5.74, 6) is 0. The molecule has 118 valence electrons. The van der Waals surface area contributed by atoms with Crippen molar-refractivity contribution < 1.29 is 8.42 Å². The molecule has 2 saturated heterocycles. The van der Waals surface area contributed by atoms with Crippen molar-refractivity contribution in [3.63, 3.8) is 0 Å². The highest BCUT2D eigenvalue weighted by Crippen LogP contribution is 2.28. The molecule has 1 unspecified atom stereocenters. The molecule has 3 rings (SSSR count). The van der Waals surface area contributed by atoms with Crippen molar-refractivity contribution in [2.24, 2.45) is 0 Å². The summed E-state index contributed by atoms with van der Waals surface area (Å²) in [7, 11) is -3.64. The fourth-order valence-electron chi connectivity index (χ4n) is 3.29. The summed E-state index contributed by atoms with van der Waals surface area (Å²) in [6.07, 6.45) is 3.24. The van der Waals surface area contributed by atoms with Crippen LogP contribution in [0.3, 0.4) is 0 Å². The van der Waals surface area contributed by atoms with Crippen molar-refractivity contribution >= 4 is 21.6 Å². The minimum atomic E-state index is -3.64. The Balaban J connectivity index is 1.84. The van der Waals surface area contributed by atoms with Crippen LogP contribution in [0.1, 0.15) is 24.8 Å². The third kappa shape index (κ3) is 2.86. The molecule has 5 nitrogen and oxygen atoms in total. The molecule has 0 aliphatic carbocycles. The molecule has 0 radical (unpaired) electrons. The van der Waals surface area contributed by atoms with E-state index in [9.17, 15) is 13.7 Å². The monoisotopic (exact) mass is 339 g/mol. The number of sulfonamides is 1. The van der Waals surface area contributed by atoms with Gasteiger partial charge in [-0.25, -0.2) is 8.42 Å². The molecule has 2 fully saturated rings. The van der Waals surface area contributed by atoms with Gasteiger partial charge in [0.05, 0.1) is 5.56 Å². The third-order valence-electron chi connectivity index (χ3n) is 4.46. The molecule has 22 heavy (non-hydrogen) atoms. The Bertz CT molecular complexity index is 708. The Kier molecular flexibility index (Phi) is 4.42. The van der Waals surface area contributed by atoms with Gasteiger partial charge in [0.2, 0.25) is 10.0 Å². The molecular weight excluding hydrogens is 322 g/mol. The van der Waals surface area contributed by atoms with Crippen LogP contribution in [0, 0.1) is 11.3 Å². The van der Waals surface area contributed by atoms with E-state index in [1.165, 1.54) is 35.3 Å². The lowest BCUT2D eigenvalue weighted by Gasteiger charge is -2.23. The van der Waals surface area contributed by atoms with Crippen molar-refractivity contribution in [1.29, 1.82) is 5.26 Å². The van der Waals surface area contributed by atoms with E-state index >= 15 is 0 Å². The first-order chi connectivity index (χ1) is 10.5. The van der Waals surface area contributed by atoms with Gasteiger partial charge in [-0.3, -0.25) is 4.90 Å². The summed E-state index contributed by atoms with van der Waals surface area (Å²) in [5, 5.41) is 9.54. The number of hydrogen-bond donors (Lipinski definition) is 0. The van der Waals surface area contributed by atoms with Crippen LogP contribution >= 0.6 is 11.6 Å². The Morgan fingerprint density at radius 2 is 1.95 bits per heavy atom. The second-order valence-corrected chi connectivity index (χ2v) is 8.14. The van der Waals surface area contributed by atoms with Gasteiger partial charge in [0.1, 0.15) is 11.0 Å². The van der Waals surface area contributed by atoms with Crippen LogP contribution in [0.25, 0.3) is 0 Å². The predicted molar refractivity (Wildman–Crippen MR) is 84.1 cm³/mol. The maximum absolute atomic E-state index is 12.8. The molecule has 1 aromatic rings. The van der Waals surface area contributed by atoms with Crippen LogP contribution in [0.5, 0.6) is 0 Å². The first-order valence-electron chi connectivity index (χ1n) is 7.46. The molecule has 2 aliphatic rings. The summed E-state index contributed by atoms with van der Waals surface area (Å²) in [4.78, 5) is 2.43. The molecule has 2 aliphatic heterocycles. The highest BCUT2D eigenvalue weighted by molar-refractivity contribution is 7.89. The van der Waals surface area contributed by atoms with Gasteiger partial charge < -0.3 is 0 Å². The van der Waals surface area contributed by atoms with Gasteiger partial charge >= 0.3 is 0 Å². The zero-order valence-corrected chi connectivity index (χ0v) is 13.8.